The molecule has 2 heterocycles. The lowest BCUT2D eigenvalue weighted by Gasteiger charge is -2.29. The molecule has 3 N–H and O–H groups in total. The lowest BCUT2D eigenvalue weighted by molar-refractivity contribution is -0.0253. The normalized spacial score (nSPS) is 19.4. The predicted molar refractivity (Wildman–Crippen MR) is 81.5 cm³/mol. The number of nitrogens with two attached hydrogens (primary N) is 1. The molecule has 6 heteroatoms. The number of benzene rings is 1. The van der Waals surface area contributed by atoms with E-state index in [9.17, 15) is 0 Å². The number of hydrogen-bond donors (Lipinski definition) is 2. The summed E-state index contributed by atoms with van der Waals surface area (Å²) < 4.78 is 5.79. The molecule has 0 radical (unpaired) electrons. The molecule has 1 unspecified atom stereocenters. The number of morpholine rings is 1. The molecule has 3 rings (SSSR count). The van der Waals surface area contributed by atoms with Crippen LogP contribution in [0.3, 0.4) is 0 Å². The van der Waals surface area contributed by atoms with E-state index in [4.69, 9.17) is 10.6 Å². The predicted octanol–water partition coefficient (Wildman–Crippen LogP) is 1.43. The summed E-state index contributed by atoms with van der Waals surface area (Å²) in [5, 5.41) is 0. The van der Waals surface area contributed by atoms with Crippen LogP contribution in [0.15, 0.2) is 36.4 Å². The zero-order valence-electron chi connectivity index (χ0n) is 12.0. The minimum atomic E-state index is -0.125. The van der Waals surface area contributed by atoms with Gasteiger partial charge in [0, 0.05) is 24.7 Å². The third-order valence-corrected chi connectivity index (χ3v) is 3.52. The number of rotatable bonds is 3. The Bertz CT molecular complexity index is 604. The topological polar surface area (TPSA) is 76.3 Å². The van der Waals surface area contributed by atoms with Crippen LogP contribution in [0.25, 0.3) is 11.3 Å². The van der Waals surface area contributed by atoms with E-state index in [1.165, 1.54) is 0 Å². The van der Waals surface area contributed by atoms with Gasteiger partial charge in [-0.2, -0.15) is 0 Å². The fourth-order valence-electron chi connectivity index (χ4n) is 2.37. The summed E-state index contributed by atoms with van der Waals surface area (Å²) in [4.78, 5) is 11.3. The standard InChI is InChI=1S/C15H19N5O/c1-20-7-8-21-13(10-20)15-17-12(9-14(18-15)19-16)11-5-3-2-4-6-11/h2-6,9,13H,7-8,10,16H2,1H3,(H,17,18,19). The first-order valence-electron chi connectivity index (χ1n) is 6.97. The second-order valence-corrected chi connectivity index (χ2v) is 5.13. The third-order valence-electron chi connectivity index (χ3n) is 3.52. The molecule has 1 atom stereocenters. The fraction of sp³-hybridized carbons (Fsp3) is 0.333. The highest BCUT2D eigenvalue weighted by Gasteiger charge is 2.23. The van der Waals surface area contributed by atoms with Crippen molar-refractivity contribution in [1.29, 1.82) is 0 Å². The molecule has 1 fully saturated rings. The van der Waals surface area contributed by atoms with Gasteiger partial charge in [0.1, 0.15) is 11.9 Å². The number of nitrogens with one attached hydrogen (secondary N) is 1. The smallest absolute Gasteiger partial charge is 0.161 e. The van der Waals surface area contributed by atoms with Crippen molar-refractivity contribution in [3.63, 3.8) is 0 Å². The van der Waals surface area contributed by atoms with E-state index in [0.717, 1.165) is 24.3 Å². The van der Waals surface area contributed by atoms with E-state index in [1.54, 1.807) is 0 Å². The van der Waals surface area contributed by atoms with Crippen LogP contribution in [-0.4, -0.2) is 41.6 Å². The van der Waals surface area contributed by atoms with Crippen molar-refractivity contribution in [2.75, 3.05) is 32.2 Å². The minimum absolute atomic E-state index is 0.125. The van der Waals surface area contributed by atoms with E-state index >= 15 is 0 Å². The monoisotopic (exact) mass is 285 g/mol. The van der Waals surface area contributed by atoms with E-state index < -0.39 is 0 Å². The number of aromatic nitrogens is 2. The summed E-state index contributed by atoms with van der Waals surface area (Å²) in [6, 6.07) is 11.8. The van der Waals surface area contributed by atoms with Gasteiger partial charge in [-0.25, -0.2) is 15.8 Å². The molecule has 2 aromatic rings. The quantitative estimate of drug-likeness (QED) is 0.656. The number of anilines is 1. The van der Waals surface area contributed by atoms with Crippen molar-refractivity contribution in [2.45, 2.75) is 6.10 Å². The summed E-state index contributed by atoms with van der Waals surface area (Å²) in [6.45, 7) is 2.39. The van der Waals surface area contributed by atoms with Gasteiger partial charge in [0.2, 0.25) is 0 Å². The van der Waals surface area contributed by atoms with E-state index in [2.05, 4.69) is 27.3 Å². The van der Waals surface area contributed by atoms with Gasteiger partial charge in [-0.05, 0) is 7.05 Å². The minimum Gasteiger partial charge on any atom is -0.368 e. The zero-order valence-corrected chi connectivity index (χ0v) is 12.0. The van der Waals surface area contributed by atoms with Crippen molar-refractivity contribution in [3.05, 3.63) is 42.2 Å². The van der Waals surface area contributed by atoms with Crippen molar-refractivity contribution in [3.8, 4) is 11.3 Å². The summed E-state index contributed by atoms with van der Waals surface area (Å²) >= 11 is 0. The van der Waals surface area contributed by atoms with E-state index in [1.807, 2.05) is 36.4 Å². The molecule has 0 aliphatic carbocycles. The fourth-order valence-corrected chi connectivity index (χ4v) is 2.37. The molecule has 1 aliphatic rings. The molecule has 1 aromatic carbocycles. The van der Waals surface area contributed by atoms with Crippen molar-refractivity contribution < 1.29 is 4.74 Å². The second kappa shape index (κ2) is 6.17. The number of nitrogen functional groups attached to an aromatic ring is 1. The van der Waals surface area contributed by atoms with Crippen LogP contribution in [0.2, 0.25) is 0 Å². The summed E-state index contributed by atoms with van der Waals surface area (Å²) in [7, 11) is 2.07. The molecule has 1 saturated heterocycles. The van der Waals surface area contributed by atoms with Gasteiger partial charge in [0.15, 0.2) is 5.82 Å². The Balaban J connectivity index is 1.97. The molecule has 110 valence electrons. The SMILES string of the molecule is CN1CCOC(c2nc(NN)cc(-c3ccccc3)n2)C1. The Kier molecular flexibility index (Phi) is 4.10. The molecule has 0 saturated carbocycles. The highest BCUT2D eigenvalue weighted by atomic mass is 16.5. The van der Waals surface area contributed by atoms with Gasteiger partial charge in [-0.1, -0.05) is 30.3 Å². The van der Waals surface area contributed by atoms with E-state index in [0.29, 0.717) is 18.2 Å². The van der Waals surface area contributed by atoms with E-state index in [-0.39, 0.29) is 6.10 Å². The molecule has 1 aromatic heterocycles. The van der Waals surface area contributed by atoms with Gasteiger partial charge in [-0.3, -0.25) is 0 Å². The molecular weight excluding hydrogens is 266 g/mol. The molecule has 0 bridgehead atoms. The zero-order chi connectivity index (χ0) is 14.7. The maximum atomic E-state index is 5.79. The van der Waals surface area contributed by atoms with Gasteiger partial charge in [0.25, 0.3) is 0 Å². The summed E-state index contributed by atoms with van der Waals surface area (Å²) in [5.74, 6) is 6.79. The first-order valence-corrected chi connectivity index (χ1v) is 6.97. The van der Waals surface area contributed by atoms with Crippen molar-refractivity contribution in [2.24, 2.45) is 5.84 Å². The maximum Gasteiger partial charge on any atom is 0.161 e. The number of hydrogen-bond acceptors (Lipinski definition) is 6. The van der Waals surface area contributed by atoms with Crippen LogP contribution in [0.1, 0.15) is 11.9 Å². The van der Waals surface area contributed by atoms with Crippen LogP contribution in [-0.2, 0) is 4.74 Å². The Morgan fingerprint density at radius 2 is 2.10 bits per heavy atom. The van der Waals surface area contributed by atoms with Crippen LogP contribution in [0, 0.1) is 0 Å². The van der Waals surface area contributed by atoms with Crippen molar-refractivity contribution in [1.82, 2.24) is 14.9 Å². The average Bonchev–Trinajstić information content (AvgIpc) is 2.55. The number of nitrogens with zero attached hydrogens (tertiary/aromatic N) is 3. The molecular formula is C15H19N5O. The molecule has 0 spiro atoms. The Morgan fingerprint density at radius 1 is 1.29 bits per heavy atom. The summed E-state index contributed by atoms with van der Waals surface area (Å²) in [5.41, 5.74) is 4.48. The van der Waals surface area contributed by atoms with Gasteiger partial charge in [0.05, 0.1) is 12.3 Å². The molecule has 21 heavy (non-hydrogen) atoms. The number of likely N-dealkylation sites (N-methyl/N-ethyl adjacent to an activating group) is 1. The number of hydrazine groups is 1. The lowest BCUT2D eigenvalue weighted by Crippen LogP contribution is -2.36. The highest BCUT2D eigenvalue weighted by Crippen LogP contribution is 2.24. The van der Waals surface area contributed by atoms with Gasteiger partial charge < -0.3 is 15.1 Å². The number of ether oxygens (including phenoxy) is 1. The largest absolute Gasteiger partial charge is 0.368 e. The highest BCUT2D eigenvalue weighted by molar-refractivity contribution is 5.62. The second-order valence-electron chi connectivity index (χ2n) is 5.13. The molecule has 1 aliphatic heterocycles. The first kappa shape index (κ1) is 13.9. The molecule has 0 amide bonds. The molecule has 6 nitrogen and oxygen atoms in total. The first-order chi connectivity index (χ1) is 10.3. The van der Waals surface area contributed by atoms with Crippen LogP contribution in [0.4, 0.5) is 5.82 Å². The maximum absolute atomic E-state index is 5.79. The Hall–Kier alpha value is -2.02. The van der Waals surface area contributed by atoms with Gasteiger partial charge >= 0.3 is 0 Å². The summed E-state index contributed by atoms with van der Waals surface area (Å²) in [6.07, 6.45) is -0.125. The van der Waals surface area contributed by atoms with Crippen LogP contribution < -0.4 is 11.3 Å². The van der Waals surface area contributed by atoms with Crippen molar-refractivity contribution >= 4 is 5.82 Å². The third kappa shape index (κ3) is 3.18. The van der Waals surface area contributed by atoms with Crippen LogP contribution >= 0.6 is 0 Å². The average molecular weight is 285 g/mol. The lowest BCUT2D eigenvalue weighted by atomic mass is 10.1. The van der Waals surface area contributed by atoms with Gasteiger partial charge in [-0.15, -0.1) is 0 Å². The van der Waals surface area contributed by atoms with Crippen LogP contribution in [0.5, 0.6) is 0 Å². The Morgan fingerprint density at radius 3 is 2.81 bits per heavy atom. The Labute approximate surface area is 123 Å².